The van der Waals surface area contributed by atoms with Crippen LogP contribution in [0.5, 0.6) is 0 Å². The molecule has 0 radical (unpaired) electrons. The third-order valence-electron chi connectivity index (χ3n) is 3.29. The van der Waals surface area contributed by atoms with Gasteiger partial charge in [0.25, 0.3) is 5.91 Å². The maximum atomic E-state index is 12.2. The Bertz CT molecular complexity index is 529. The van der Waals surface area contributed by atoms with Crippen molar-refractivity contribution >= 4 is 28.3 Å². The number of thiazole rings is 1. The maximum absolute atomic E-state index is 12.2. The number of carbonyl (C=O) groups is 2. The van der Waals surface area contributed by atoms with Crippen molar-refractivity contribution in [2.45, 2.75) is 32.0 Å². The predicted octanol–water partition coefficient (Wildman–Crippen LogP) is 0.0593. The Labute approximate surface area is 120 Å². The predicted molar refractivity (Wildman–Crippen MR) is 73.6 cm³/mol. The lowest BCUT2D eigenvalue weighted by Gasteiger charge is -2.39. The second-order valence-electron chi connectivity index (χ2n) is 5.08. The summed E-state index contributed by atoms with van der Waals surface area (Å²) in [5.74, 6) is -0.503. The molecule has 0 saturated carbocycles. The molecule has 2 atom stereocenters. The van der Waals surface area contributed by atoms with Gasteiger partial charge in [0.1, 0.15) is 4.88 Å². The Balaban J connectivity index is 2.05. The van der Waals surface area contributed by atoms with Crippen molar-refractivity contribution in [1.82, 2.24) is 9.88 Å². The summed E-state index contributed by atoms with van der Waals surface area (Å²) in [7, 11) is 0. The number of anilines is 1. The summed E-state index contributed by atoms with van der Waals surface area (Å²) in [5, 5.41) is 22.6. The number of hydrogen-bond donors (Lipinski definition) is 3. The van der Waals surface area contributed by atoms with Crippen LogP contribution in [0.25, 0.3) is 0 Å². The quantitative estimate of drug-likeness (QED) is 0.716. The molecule has 1 fully saturated rings. The standard InChI is InChI=1S/C12H17N3O4S/c1-7(16)14-11-13-5-8(20-11)10(18)15-4-3-12(2,19)9(17)6-15/h5,9,17,19H,3-4,6H2,1-2H3,(H,13,14,16)/t9-,12-/m1/s1. The number of nitrogens with zero attached hydrogens (tertiary/aromatic N) is 2. The molecule has 3 N–H and O–H groups in total. The molecule has 0 spiro atoms. The molecule has 1 aliphatic heterocycles. The number of aliphatic hydroxyl groups is 2. The lowest BCUT2D eigenvalue weighted by Crippen LogP contribution is -2.55. The zero-order valence-electron chi connectivity index (χ0n) is 11.3. The molecular weight excluding hydrogens is 282 g/mol. The minimum Gasteiger partial charge on any atom is -0.388 e. The van der Waals surface area contributed by atoms with Gasteiger partial charge in [-0.25, -0.2) is 4.98 Å². The Hall–Kier alpha value is -1.51. The number of β-amino-alcohol motifs (C(OH)–C–C–N with tert-alkyl or cyclic N) is 1. The zero-order valence-corrected chi connectivity index (χ0v) is 12.1. The van der Waals surface area contributed by atoms with Gasteiger partial charge >= 0.3 is 0 Å². The molecule has 0 bridgehead atoms. The summed E-state index contributed by atoms with van der Waals surface area (Å²) in [6, 6.07) is 0. The number of aliphatic hydroxyl groups excluding tert-OH is 1. The van der Waals surface area contributed by atoms with Gasteiger partial charge in [0.15, 0.2) is 5.13 Å². The van der Waals surface area contributed by atoms with Crippen LogP contribution in [0.15, 0.2) is 6.20 Å². The second kappa shape index (κ2) is 5.47. The number of likely N-dealkylation sites (tertiary alicyclic amines) is 1. The van der Waals surface area contributed by atoms with Crippen LogP contribution in [0, 0.1) is 0 Å². The Morgan fingerprint density at radius 3 is 2.90 bits per heavy atom. The second-order valence-corrected chi connectivity index (χ2v) is 6.12. The van der Waals surface area contributed by atoms with Gasteiger partial charge in [-0.3, -0.25) is 9.59 Å². The zero-order chi connectivity index (χ0) is 14.9. The van der Waals surface area contributed by atoms with Crippen LogP contribution in [0.3, 0.4) is 0 Å². The van der Waals surface area contributed by atoms with Crippen LogP contribution in [0.4, 0.5) is 5.13 Å². The average molecular weight is 299 g/mol. The Kier molecular flexibility index (Phi) is 4.07. The van der Waals surface area contributed by atoms with E-state index < -0.39 is 11.7 Å². The summed E-state index contributed by atoms with van der Waals surface area (Å²) >= 11 is 1.09. The first kappa shape index (κ1) is 14.9. The summed E-state index contributed by atoms with van der Waals surface area (Å²) in [4.78, 5) is 29.0. The van der Waals surface area contributed by atoms with E-state index in [0.717, 1.165) is 11.3 Å². The number of nitrogens with one attached hydrogen (secondary N) is 1. The van der Waals surface area contributed by atoms with Crippen molar-refractivity contribution < 1.29 is 19.8 Å². The number of aromatic nitrogens is 1. The number of hydrogen-bond acceptors (Lipinski definition) is 6. The monoisotopic (exact) mass is 299 g/mol. The molecule has 0 aliphatic carbocycles. The van der Waals surface area contributed by atoms with Crippen molar-refractivity contribution in [3.05, 3.63) is 11.1 Å². The fourth-order valence-electron chi connectivity index (χ4n) is 1.95. The van der Waals surface area contributed by atoms with E-state index >= 15 is 0 Å². The van der Waals surface area contributed by atoms with Crippen LogP contribution in [-0.4, -0.2) is 56.7 Å². The van der Waals surface area contributed by atoms with Crippen molar-refractivity contribution in [2.24, 2.45) is 0 Å². The fraction of sp³-hybridized carbons (Fsp3) is 0.583. The van der Waals surface area contributed by atoms with E-state index in [0.29, 0.717) is 23.0 Å². The highest BCUT2D eigenvalue weighted by molar-refractivity contribution is 7.17. The molecule has 2 rings (SSSR count). The van der Waals surface area contributed by atoms with E-state index in [9.17, 15) is 19.8 Å². The minimum atomic E-state index is -1.16. The molecule has 0 unspecified atom stereocenters. The molecule has 0 aromatic carbocycles. The largest absolute Gasteiger partial charge is 0.388 e. The minimum absolute atomic E-state index is 0.0825. The first-order valence-electron chi connectivity index (χ1n) is 6.23. The first-order valence-corrected chi connectivity index (χ1v) is 7.04. The van der Waals surface area contributed by atoms with E-state index in [1.807, 2.05) is 0 Å². The van der Waals surface area contributed by atoms with Crippen LogP contribution >= 0.6 is 11.3 Å². The molecule has 1 saturated heterocycles. The summed E-state index contributed by atoms with van der Waals surface area (Å²) in [6.45, 7) is 3.38. The van der Waals surface area contributed by atoms with Crippen molar-refractivity contribution in [2.75, 3.05) is 18.4 Å². The van der Waals surface area contributed by atoms with Gasteiger partial charge in [-0.15, -0.1) is 0 Å². The van der Waals surface area contributed by atoms with Gasteiger partial charge in [0.05, 0.1) is 17.9 Å². The SMILES string of the molecule is CC(=O)Nc1ncc(C(=O)N2CC[C@@](C)(O)[C@H](O)C2)s1. The number of piperidine rings is 1. The van der Waals surface area contributed by atoms with Gasteiger partial charge in [-0.2, -0.15) is 0 Å². The summed E-state index contributed by atoms with van der Waals surface area (Å²) < 4.78 is 0. The maximum Gasteiger partial charge on any atom is 0.265 e. The van der Waals surface area contributed by atoms with Gasteiger partial charge in [-0.05, 0) is 13.3 Å². The lowest BCUT2D eigenvalue weighted by atomic mass is 9.91. The average Bonchev–Trinajstić information content (AvgIpc) is 2.79. The number of amides is 2. The van der Waals surface area contributed by atoms with Crippen molar-refractivity contribution in [3.63, 3.8) is 0 Å². The Morgan fingerprint density at radius 2 is 2.30 bits per heavy atom. The van der Waals surface area contributed by atoms with E-state index in [4.69, 9.17) is 0 Å². The summed E-state index contributed by atoms with van der Waals surface area (Å²) in [5.41, 5.74) is -1.16. The highest BCUT2D eigenvalue weighted by Gasteiger charge is 2.38. The van der Waals surface area contributed by atoms with Crippen LogP contribution in [0.1, 0.15) is 29.9 Å². The lowest BCUT2D eigenvalue weighted by molar-refractivity contribution is -0.114. The number of rotatable bonds is 2. The van der Waals surface area contributed by atoms with Gasteiger partial charge < -0.3 is 20.4 Å². The molecule has 7 nitrogen and oxygen atoms in total. The van der Waals surface area contributed by atoms with E-state index in [1.54, 1.807) is 6.92 Å². The van der Waals surface area contributed by atoms with Gasteiger partial charge in [0.2, 0.25) is 5.91 Å². The van der Waals surface area contributed by atoms with Gasteiger partial charge in [-0.1, -0.05) is 11.3 Å². The molecule has 1 aliphatic rings. The van der Waals surface area contributed by atoms with Crippen LogP contribution < -0.4 is 5.32 Å². The topological polar surface area (TPSA) is 103 Å². The van der Waals surface area contributed by atoms with Crippen LogP contribution in [0.2, 0.25) is 0 Å². The van der Waals surface area contributed by atoms with E-state index in [2.05, 4.69) is 10.3 Å². The van der Waals surface area contributed by atoms with Crippen molar-refractivity contribution in [1.29, 1.82) is 0 Å². The summed E-state index contributed by atoms with van der Waals surface area (Å²) in [6.07, 6.45) is 0.747. The van der Waals surface area contributed by atoms with E-state index in [-0.39, 0.29) is 18.4 Å². The smallest absolute Gasteiger partial charge is 0.265 e. The molecule has 20 heavy (non-hydrogen) atoms. The molecule has 8 heteroatoms. The molecular formula is C12H17N3O4S. The van der Waals surface area contributed by atoms with E-state index in [1.165, 1.54) is 18.0 Å². The molecule has 2 heterocycles. The molecule has 2 amide bonds. The third kappa shape index (κ3) is 3.14. The molecule has 1 aromatic rings. The number of carbonyl (C=O) groups excluding carboxylic acids is 2. The van der Waals surface area contributed by atoms with Gasteiger partial charge in [0, 0.05) is 20.0 Å². The molecule has 110 valence electrons. The normalized spacial score (nSPS) is 26.4. The first-order chi connectivity index (χ1) is 9.29. The highest BCUT2D eigenvalue weighted by Crippen LogP contribution is 2.25. The van der Waals surface area contributed by atoms with Crippen LogP contribution in [-0.2, 0) is 4.79 Å². The third-order valence-corrected chi connectivity index (χ3v) is 4.19. The highest BCUT2D eigenvalue weighted by atomic mass is 32.1. The fourth-order valence-corrected chi connectivity index (χ4v) is 2.78. The van der Waals surface area contributed by atoms with Crippen molar-refractivity contribution in [3.8, 4) is 0 Å². The Morgan fingerprint density at radius 1 is 1.60 bits per heavy atom. The molecule has 1 aromatic heterocycles.